The lowest BCUT2D eigenvalue weighted by molar-refractivity contribution is -0.255. The number of hydrogen-bond donors (Lipinski definition) is 1. The number of benzene rings is 2. The summed E-state index contributed by atoms with van der Waals surface area (Å²) in [5, 5.41) is 17.8. The molecule has 7 nitrogen and oxygen atoms in total. The average Bonchev–Trinajstić information content (AvgIpc) is 2.60. The molecule has 0 atom stereocenters. The Labute approximate surface area is 146 Å². The number of fused-ring (bicyclic) bond motifs is 1. The van der Waals surface area contributed by atoms with Crippen LogP contribution in [-0.4, -0.2) is 21.7 Å². The van der Waals surface area contributed by atoms with Gasteiger partial charge in [-0.05, 0) is 30.7 Å². The summed E-state index contributed by atoms with van der Waals surface area (Å²) < 4.78 is 14.1. The molecule has 1 amide bonds. The van der Waals surface area contributed by atoms with E-state index in [-0.39, 0.29) is 16.5 Å². The molecule has 8 heteroatoms. The maximum atomic E-state index is 13.3. The summed E-state index contributed by atoms with van der Waals surface area (Å²) in [6.45, 7) is 1.16. The van der Waals surface area contributed by atoms with E-state index in [9.17, 15) is 23.9 Å². The van der Waals surface area contributed by atoms with E-state index in [0.29, 0.717) is 5.56 Å². The molecule has 0 radical (unpaired) electrons. The van der Waals surface area contributed by atoms with Crippen LogP contribution in [0.3, 0.4) is 0 Å². The van der Waals surface area contributed by atoms with E-state index in [4.69, 9.17) is 0 Å². The number of carbonyl (C=O) groups excluding carboxylic acids is 2. The van der Waals surface area contributed by atoms with Crippen LogP contribution < -0.4 is 16.0 Å². The van der Waals surface area contributed by atoms with E-state index < -0.39 is 35.5 Å². The zero-order valence-corrected chi connectivity index (χ0v) is 13.7. The lowest BCUT2D eigenvalue weighted by Gasteiger charge is -2.12. The molecular formula is C18H13FN3O4-. The smallest absolute Gasteiger partial charge is 0.275 e. The highest BCUT2D eigenvalue weighted by Gasteiger charge is 2.14. The van der Waals surface area contributed by atoms with Crippen molar-refractivity contribution >= 4 is 28.3 Å². The molecule has 1 aromatic heterocycles. The molecule has 0 bridgehead atoms. The quantitative estimate of drug-likeness (QED) is 0.748. The predicted molar refractivity (Wildman–Crippen MR) is 90.1 cm³/mol. The topological polar surface area (TPSA) is 104 Å². The molecule has 0 aliphatic rings. The number of anilines is 1. The fraction of sp³-hybridized carbons (Fsp3) is 0.111. The van der Waals surface area contributed by atoms with Crippen LogP contribution in [0.2, 0.25) is 0 Å². The molecule has 1 heterocycles. The number of aromatic carboxylic acids is 1. The van der Waals surface area contributed by atoms with Gasteiger partial charge in [0.1, 0.15) is 18.1 Å². The molecule has 3 rings (SSSR count). The molecule has 0 spiro atoms. The zero-order chi connectivity index (χ0) is 18.8. The minimum absolute atomic E-state index is 0.108. The van der Waals surface area contributed by atoms with Crippen molar-refractivity contribution in [3.8, 4) is 0 Å². The molecular weight excluding hydrogens is 341 g/mol. The summed E-state index contributed by atoms with van der Waals surface area (Å²) >= 11 is 0. The van der Waals surface area contributed by atoms with Crippen molar-refractivity contribution in [3.63, 3.8) is 0 Å². The van der Waals surface area contributed by atoms with Crippen molar-refractivity contribution in [3.05, 3.63) is 69.9 Å². The normalized spacial score (nSPS) is 10.7. The van der Waals surface area contributed by atoms with Gasteiger partial charge in [0.2, 0.25) is 5.91 Å². The van der Waals surface area contributed by atoms with Crippen LogP contribution in [-0.2, 0) is 11.3 Å². The maximum Gasteiger partial charge on any atom is 0.275 e. The number of carbonyl (C=O) groups is 2. The Hall–Kier alpha value is -3.55. The fourth-order valence-electron chi connectivity index (χ4n) is 2.55. The minimum Gasteiger partial charge on any atom is -0.543 e. The first kappa shape index (κ1) is 17.3. The van der Waals surface area contributed by atoms with Crippen molar-refractivity contribution in [2.45, 2.75) is 13.5 Å². The van der Waals surface area contributed by atoms with E-state index in [1.54, 1.807) is 19.1 Å². The van der Waals surface area contributed by atoms with Gasteiger partial charge in [0.25, 0.3) is 5.56 Å². The second-order valence-corrected chi connectivity index (χ2v) is 5.65. The highest BCUT2D eigenvalue weighted by molar-refractivity contribution is 6.00. The molecule has 1 N–H and O–H groups in total. The number of carboxylic acid groups (broad SMARTS) is 1. The van der Waals surface area contributed by atoms with Gasteiger partial charge in [-0.1, -0.05) is 24.3 Å². The molecule has 0 fully saturated rings. The second kappa shape index (κ2) is 6.75. The Kier molecular flexibility index (Phi) is 4.49. The highest BCUT2D eigenvalue weighted by atomic mass is 19.1. The van der Waals surface area contributed by atoms with Gasteiger partial charge >= 0.3 is 0 Å². The third-order valence-corrected chi connectivity index (χ3v) is 3.83. The summed E-state index contributed by atoms with van der Waals surface area (Å²) in [6, 6.07) is 9.93. The number of aromatic nitrogens is 2. The van der Waals surface area contributed by atoms with Crippen LogP contribution in [0, 0.1) is 12.7 Å². The summed E-state index contributed by atoms with van der Waals surface area (Å²) in [5.41, 5.74) is -0.162. The number of amides is 1. The molecule has 3 aromatic rings. The summed E-state index contributed by atoms with van der Waals surface area (Å²) in [4.78, 5) is 36.0. The molecule has 132 valence electrons. The van der Waals surface area contributed by atoms with Crippen molar-refractivity contribution in [2.24, 2.45) is 0 Å². The van der Waals surface area contributed by atoms with Gasteiger partial charge in [-0.2, -0.15) is 5.10 Å². The second-order valence-electron chi connectivity index (χ2n) is 5.65. The number of nitrogens with zero attached hydrogens (tertiary/aromatic N) is 2. The number of halogens is 1. The van der Waals surface area contributed by atoms with Gasteiger partial charge in [0.15, 0.2) is 0 Å². The summed E-state index contributed by atoms with van der Waals surface area (Å²) in [7, 11) is 0. The summed E-state index contributed by atoms with van der Waals surface area (Å²) in [5.74, 6) is -2.73. The average molecular weight is 354 g/mol. The molecule has 0 aliphatic carbocycles. The van der Waals surface area contributed by atoms with Gasteiger partial charge in [-0.15, -0.1) is 0 Å². The lowest BCUT2D eigenvalue weighted by atomic mass is 10.1. The number of nitrogens with one attached hydrogen (secondary N) is 1. The van der Waals surface area contributed by atoms with Crippen molar-refractivity contribution in [2.75, 3.05) is 5.32 Å². The molecule has 0 saturated heterocycles. The van der Waals surface area contributed by atoms with Gasteiger partial charge < -0.3 is 15.2 Å². The molecule has 2 aromatic carbocycles. The van der Waals surface area contributed by atoms with Crippen LogP contribution >= 0.6 is 0 Å². The third kappa shape index (κ3) is 3.30. The number of hydrogen-bond acceptors (Lipinski definition) is 5. The SMILES string of the molecule is Cc1ccc(F)cc1NC(=O)Cn1nc(C(=O)[O-])c2ccccc2c1=O. The van der Waals surface area contributed by atoms with Crippen LogP contribution in [0.1, 0.15) is 16.1 Å². The van der Waals surface area contributed by atoms with Crippen molar-refractivity contribution in [1.82, 2.24) is 9.78 Å². The Bertz CT molecular complexity index is 1090. The van der Waals surface area contributed by atoms with Gasteiger partial charge in [0, 0.05) is 11.1 Å². The monoisotopic (exact) mass is 354 g/mol. The molecule has 0 unspecified atom stereocenters. The Balaban J connectivity index is 1.97. The molecule has 0 saturated carbocycles. The van der Waals surface area contributed by atoms with Crippen molar-refractivity contribution in [1.29, 1.82) is 0 Å². The van der Waals surface area contributed by atoms with E-state index in [2.05, 4.69) is 10.4 Å². The molecule has 0 aliphatic heterocycles. The number of aryl methyl sites for hydroxylation is 1. The first-order valence-electron chi connectivity index (χ1n) is 7.64. The highest BCUT2D eigenvalue weighted by Crippen LogP contribution is 2.16. The van der Waals surface area contributed by atoms with Crippen molar-refractivity contribution < 1.29 is 19.1 Å². The van der Waals surface area contributed by atoms with Gasteiger partial charge in [-0.3, -0.25) is 9.59 Å². The minimum atomic E-state index is -1.56. The Morgan fingerprint density at radius 2 is 1.88 bits per heavy atom. The third-order valence-electron chi connectivity index (χ3n) is 3.83. The maximum absolute atomic E-state index is 13.3. The number of rotatable bonds is 4. The van der Waals surface area contributed by atoms with Gasteiger partial charge in [0.05, 0.1) is 11.4 Å². The Morgan fingerprint density at radius 3 is 2.58 bits per heavy atom. The van der Waals surface area contributed by atoms with E-state index in [1.165, 1.54) is 24.3 Å². The number of carboxylic acids is 1. The first-order valence-corrected chi connectivity index (χ1v) is 7.64. The summed E-state index contributed by atoms with van der Waals surface area (Å²) in [6.07, 6.45) is 0. The van der Waals surface area contributed by atoms with E-state index in [0.717, 1.165) is 10.7 Å². The largest absolute Gasteiger partial charge is 0.543 e. The van der Waals surface area contributed by atoms with E-state index >= 15 is 0 Å². The van der Waals surface area contributed by atoms with Crippen LogP contribution in [0.5, 0.6) is 0 Å². The van der Waals surface area contributed by atoms with E-state index in [1.807, 2.05) is 0 Å². The zero-order valence-electron chi connectivity index (χ0n) is 13.7. The van der Waals surface area contributed by atoms with Gasteiger partial charge in [-0.25, -0.2) is 9.07 Å². The first-order chi connectivity index (χ1) is 12.4. The van der Waals surface area contributed by atoms with Crippen LogP contribution in [0.15, 0.2) is 47.3 Å². The molecule has 26 heavy (non-hydrogen) atoms. The fourth-order valence-corrected chi connectivity index (χ4v) is 2.55. The predicted octanol–water partition coefficient (Wildman–Crippen LogP) is 0.846. The Morgan fingerprint density at radius 1 is 1.19 bits per heavy atom. The van der Waals surface area contributed by atoms with Crippen LogP contribution in [0.25, 0.3) is 10.8 Å². The lowest BCUT2D eigenvalue weighted by Crippen LogP contribution is -2.34. The standard InChI is InChI=1S/C18H14FN3O4/c1-10-6-7-11(19)8-14(10)20-15(23)9-22-17(24)13-5-3-2-4-12(13)16(21-22)18(25)26/h2-8H,9H2,1H3,(H,20,23)(H,25,26)/p-1. The van der Waals surface area contributed by atoms with Crippen LogP contribution in [0.4, 0.5) is 10.1 Å².